The molecule has 114 valence electrons. The van der Waals surface area contributed by atoms with E-state index in [1.807, 2.05) is 0 Å². The van der Waals surface area contributed by atoms with Crippen molar-refractivity contribution in [1.82, 2.24) is 4.98 Å². The van der Waals surface area contributed by atoms with E-state index in [0.29, 0.717) is 22.0 Å². The van der Waals surface area contributed by atoms with Gasteiger partial charge in [0.25, 0.3) is 10.0 Å². The maximum Gasteiger partial charge on any atom is 0.264 e. The number of benzene rings is 2. The van der Waals surface area contributed by atoms with Crippen LogP contribution in [0.3, 0.4) is 0 Å². The van der Waals surface area contributed by atoms with Crippen molar-refractivity contribution in [3.05, 3.63) is 59.3 Å². The topological polar surface area (TPSA) is 62.0 Å². The number of rotatable bonds is 3. The largest absolute Gasteiger partial charge is 0.360 e. The van der Waals surface area contributed by atoms with Crippen LogP contribution in [0, 0.1) is 11.6 Å². The lowest BCUT2D eigenvalue weighted by Gasteiger charge is -2.08. The Morgan fingerprint density at radius 2 is 1.86 bits per heavy atom. The highest BCUT2D eigenvalue weighted by Gasteiger charge is 2.20. The number of aromatic amines is 1. The quantitative estimate of drug-likeness (QED) is 0.758. The molecule has 1 aromatic heterocycles. The molecular weight excluding hydrogens is 334 g/mol. The second-order valence-electron chi connectivity index (χ2n) is 4.57. The highest BCUT2D eigenvalue weighted by atomic mass is 35.5. The maximum absolute atomic E-state index is 13.6. The van der Waals surface area contributed by atoms with Crippen molar-refractivity contribution in [2.45, 2.75) is 4.90 Å². The predicted molar refractivity (Wildman–Crippen MR) is 80.5 cm³/mol. The van der Waals surface area contributed by atoms with E-state index in [4.69, 9.17) is 11.6 Å². The lowest BCUT2D eigenvalue weighted by Crippen LogP contribution is -2.13. The zero-order chi connectivity index (χ0) is 15.9. The number of anilines is 1. The van der Waals surface area contributed by atoms with Crippen LogP contribution in [0.1, 0.15) is 0 Å². The van der Waals surface area contributed by atoms with Gasteiger partial charge in [0, 0.05) is 28.2 Å². The molecule has 0 spiro atoms. The number of halogens is 3. The van der Waals surface area contributed by atoms with E-state index >= 15 is 0 Å². The number of hydrogen-bond acceptors (Lipinski definition) is 2. The molecule has 2 N–H and O–H groups in total. The van der Waals surface area contributed by atoms with Crippen molar-refractivity contribution in [2.75, 3.05) is 4.72 Å². The molecule has 3 aromatic rings. The number of sulfonamides is 1. The SMILES string of the molecule is O=S(=O)(Nc1ccc(F)cc1F)c1c[nH]c2cc(Cl)ccc12. The van der Waals surface area contributed by atoms with Gasteiger partial charge in [0.05, 0.1) is 5.69 Å². The second-order valence-corrected chi connectivity index (χ2v) is 6.66. The van der Waals surface area contributed by atoms with E-state index in [-0.39, 0.29) is 10.6 Å². The summed E-state index contributed by atoms with van der Waals surface area (Å²) in [4.78, 5) is 2.73. The Balaban J connectivity index is 2.05. The summed E-state index contributed by atoms with van der Waals surface area (Å²) in [6, 6.07) is 7.27. The van der Waals surface area contributed by atoms with E-state index < -0.39 is 21.7 Å². The first-order valence-corrected chi connectivity index (χ1v) is 7.97. The fourth-order valence-electron chi connectivity index (χ4n) is 2.07. The Labute approximate surface area is 129 Å². The van der Waals surface area contributed by atoms with E-state index in [1.165, 1.54) is 6.20 Å². The molecule has 0 fully saturated rings. The molecule has 0 saturated heterocycles. The Hall–Kier alpha value is -2.12. The van der Waals surface area contributed by atoms with E-state index in [1.54, 1.807) is 18.2 Å². The van der Waals surface area contributed by atoms with Gasteiger partial charge in [-0.25, -0.2) is 17.2 Å². The Morgan fingerprint density at radius 3 is 2.59 bits per heavy atom. The summed E-state index contributed by atoms with van der Waals surface area (Å²) in [7, 11) is -4.03. The van der Waals surface area contributed by atoms with Gasteiger partial charge >= 0.3 is 0 Å². The monoisotopic (exact) mass is 342 g/mol. The molecule has 1 heterocycles. The molecule has 0 bridgehead atoms. The minimum Gasteiger partial charge on any atom is -0.360 e. The fourth-order valence-corrected chi connectivity index (χ4v) is 3.48. The zero-order valence-electron chi connectivity index (χ0n) is 10.9. The smallest absolute Gasteiger partial charge is 0.264 e. The Kier molecular flexibility index (Phi) is 3.54. The van der Waals surface area contributed by atoms with Crippen LogP contribution in [0.5, 0.6) is 0 Å². The van der Waals surface area contributed by atoms with Gasteiger partial charge in [0.15, 0.2) is 0 Å². The van der Waals surface area contributed by atoms with Crippen molar-refractivity contribution < 1.29 is 17.2 Å². The lowest BCUT2D eigenvalue weighted by molar-refractivity contribution is 0.583. The molecule has 0 aliphatic carbocycles. The summed E-state index contributed by atoms with van der Waals surface area (Å²) in [6.07, 6.45) is 1.28. The van der Waals surface area contributed by atoms with Crippen LogP contribution >= 0.6 is 11.6 Å². The van der Waals surface area contributed by atoms with Gasteiger partial charge in [-0.1, -0.05) is 11.6 Å². The number of nitrogens with one attached hydrogen (secondary N) is 2. The standard InChI is InChI=1S/C14H9ClF2N2O2S/c15-8-1-3-10-13(5-8)18-7-14(10)22(20,21)19-12-4-2-9(16)6-11(12)17/h1-7,18-19H. The summed E-state index contributed by atoms with van der Waals surface area (Å²) in [5.74, 6) is -1.78. The molecular formula is C14H9ClF2N2O2S. The van der Waals surface area contributed by atoms with Gasteiger partial charge in [-0.2, -0.15) is 0 Å². The number of hydrogen-bond donors (Lipinski definition) is 2. The summed E-state index contributed by atoms with van der Waals surface area (Å²) in [6.45, 7) is 0. The van der Waals surface area contributed by atoms with Gasteiger partial charge in [0.1, 0.15) is 16.5 Å². The molecule has 0 saturated carbocycles. The van der Waals surface area contributed by atoms with Crippen LogP contribution in [0.25, 0.3) is 10.9 Å². The summed E-state index contributed by atoms with van der Waals surface area (Å²) >= 11 is 5.84. The number of aromatic nitrogens is 1. The van der Waals surface area contributed by atoms with Gasteiger partial charge in [-0.15, -0.1) is 0 Å². The van der Waals surface area contributed by atoms with Crippen LogP contribution in [0.4, 0.5) is 14.5 Å². The van der Waals surface area contributed by atoms with Crippen LogP contribution in [0.2, 0.25) is 5.02 Å². The molecule has 8 heteroatoms. The summed E-state index contributed by atoms with van der Waals surface area (Å²) < 4.78 is 53.3. The van der Waals surface area contributed by atoms with Crippen molar-refractivity contribution in [1.29, 1.82) is 0 Å². The van der Waals surface area contributed by atoms with Gasteiger partial charge in [0.2, 0.25) is 0 Å². The summed E-state index contributed by atoms with van der Waals surface area (Å²) in [5, 5.41) is 0.871. The average molecular weight is 343 g/mol. The number of fused-ring (bicyclic) bond motifs is 1. The predicted octanol–water partition coefficient (Wildman–Crippen LogP) is 3.90. The van der Waals surface area contributed by atoms with Crippen LogP contribution < -0.4 is 4.72 Å². The van der Waals surface area contributed by atoms with Crippen molar-refractivity contribution >= 4 is 38.2 Å². The third-order valence-corrected chi connectivity index (χ3v) is 4.71. The van der Waals surface area contributed by atoms with Crippen LogP contribution in [-0.4, -0.2) is 13.4 Å². The second kappa shape index (κ2) is 5.26. The van der Waals surface area contributed by atoms with Crippen molar-refractivity contribution in [3.8, 4) is 0 Å². The van der Waals surface area contributed by atoms with Gasteiger partial charge in [-0.05, 0) is 30.3 Å². The van der Waals surface area contributed by atoms with Crippen molar-refractivity contribution in [2.24, 2.45) is 0 Å². The molecule has 0 atom stereocenters. The first kappa shape index (κ1) is 14.8. The third kappa shape index (κ3) is 2.65. The molecule has 0 amide bonds. The Morgan fingerprint density at radius 1 is 1.09 bits per heavy atom. The Bertz CT molecular complexity index is 970. The van der Waals surface area contributed by atoms with E-state index in [9.17, 15) is 17.2 Å². The van der Waals surface area contributed by atoms with Crippen molar-refractivity contribution in [3.63, 3.8) is 0 Å². The molecule has 2 aromatic carbocycles. The highest BCUT2D eigenvalue weighted by Crippen LogP contribution is 2.27. The average Bonchev–Trinajstić information content (AvgIpc) is 2.85. The first-order chi connectivity index (χ1) is 10.4. The minimum atomic E-state index is -4.03. The molecule has 0 unspecified atom stereocenters. The van der Waals surface area contributed by atoms with Gasteiger partial charge < -0.3 is 4.98 Å². The van der Waals surface area contributed by atoms with E-state index in [2.05, 4.69) is 9.71 Å². The maximum atomic E-state index is 13.6. The molecule has 3 rings (SSSR count). The molecule has 4 nitrogen and oxygen atoms in total. The molecule has 0 aliphatic heterocycles. The highest BCUT2D eigenvalue weighted by molar-refractivity contribution is 7.93. The van der Waals surface area contributed by atoms with Gasteiger partial charge in [-0.3, -0.25) is 4.72 Å². The fraction of sp³-hybridized carbons (Fsp3) is 0. The summed E-state index contributed by atoms with van der Waals surface area (Å²) in [5.41, 5.74) is 0.206. The minimum absolute atomic E-state index is 0.0529. The molecule has 0 aliphatic rings. The lowest BCUT2D eigenvalue weighted by atomic mass is 10.2. The zero-order valence-corrected chi connectivity index (χ0v) is 12.5. The third-order valence-electron chi connectivity index (χ3n) is 3.07. The molecule has 0 radical (unpaired) electrons. The number of H-pyrrole nitrogens is 1. The van der Waals surface area contributed by atoms with Crippen LogP contribution in [0.15, 0.2) is 47.5 Å². The first-order valence-electron chi connectivity index (χ1n) is 6.11. The van der Waals surface area contributed by atoms with E-state index in [0.717, 1.165) is 12.1 Å². The molecule has 22 heavy (non-hydrogen) atoms. The normalized spacial score (nSPS) is 11.8. The van der Waals surface area contributed by atoms with Crippen LogP contribution in [-0.2, 0) is 10.0 Å².